The molecule has 9 N–H and O–H groups in total. The Balaban J connectivity index is 0.00000353. The van der Waals surface area contributed by atoms with Crippen LogP contribution in [0.4, 0.5) is 0 Å². The third-order valence-corrected chi connectivity index (χ3v) is 7.49. The van der Waals surface area contributed by atoms with Crippen molar-refractivity contribution in [3.63, 3.8) is 0 Å². The molecule has 4 amide bonds. The number of phenols is 1. The molecule has 0 aliphatic carbocycles. The van der Waals surface area contributed by atoms with Gasteiger partial charge in [-0.1, -0.05) is 72.8 Å². The minimum absolute atomic E-state index is 0. The Kier molecular flexibility index (Phi) is 14.7. The van der Waals surface area contributed by atoms with E-state index in [1.807, 2.05) is 60.7 Å². The molecule has 1 aliphatic heterocycles. The molecule has 1 heterocycles. The Labute approximate surface area is 283 Å². The zero-order valence-electron chi connectivity index (χ0n) is 24.6. The number of nitrogens with zero attached hydrogens (tertiary/aromatic N) is 1. The highest BCUT2D eigenvalue weighted by Crippen LogP contribution is 2.20. The number of benzene rings is 3. The lowest BCUT2D eigenvalue weighted by atomic mass is 10.0. The van der Waals surface area contributed by atoms with Gasteiger partial charge in [-0.2, -0.15) is 0 Å². The van der Waals surface area contributed by atoms with Crippen molar-refractivity contribution in [3.8, 4) is 5.75 Å². The van der Waals surface area contributed by atoms with Crippen molar-refractivity contribution in [3.05, 3.63) is 102 Å². The van der Waals surface area contributed by atoms with Crippen LogP contribution in [0.5, 0.6) is 5.75 Å². The van der Waals surface area contributed by atoms with Crippen molar-refractivity contribution >= 4 is 57.6 Å². The third kappa shape index (κ3) is 10.7. The van der Waals surface area contributed by atoms with Crippen molar-refractivity contribution in [2.45, 2.75) is 55.9 Å². The largest absolute Gasteiger partial charge is 0.508 e. The van der Waals surface area contributed by atoms with Gasteiger partial charge in [0.2, 0.25) is 23.6 Å². The number of primary amides is 1. The van der Waals surface area contributed by atoms with Crippen LogP contribution in [0.2, 0.25) is 0 Å². The molecule has 0 radical (unpaired) electrons. The molecule has 1 fully saturated rings. The number of hydrogen-bond acceptors (Lipinski definition) is 7. The van der Waals surface area contributed by atoms with E-state index in [-0.39, 0.29) is 71.9 Å². The molecule has 0 unspecified atom stereocenters. The van der Waals surface area contributed by atoms with Gasteiger partial charge in [0, 0.05) is 25.4 Å². The minimum Gasteiger partial charge on any atom is -0.508 e. The molecule has 5 atom stereocenters. The number of nitrogens with two attached hydrogens (primary N) is 3. The van der Waals surface area contributed by atoms with Gasteiger partial charge < -0.3 is 37.8 Å². The van der Waals surface area contributed by atoms with Crippen LogP contribution >= 0.6 is 34.0 Å². The van der Waals surface area contributed by atoms with E-state index in [2.05, 4.69) is 10.6 Å². The minimum atomic E-state index is -1.06. The van der Waals surface area contributed by atoms with E-state index < -0.39 is 53.8 Å². The zero-order chi connectivity index (χ0) is 30.9. The summed E-state index contributed by atoms with van der Waals surface area (Å²) in [5.41, 5.74) is 20.4. The van der Waals surface area contributed by atoms with E-state index >= 15 is 0 Å². The number of rotatable bonds is 12. The smallest absolute Gasteiger partial charge is 0.243 e. The SMILES string of the molecule is Br.Br.NC(=O)[C@H](Cc1ccccc1)NC(=O)[C@H](Cc1ccccc1)NC(=O)[C@@H]1C[C@@H](N)CN1C(=O)[C@@H](N)Cc1ccc(O)cc1. The fourth-order valence-electron chi connectivity index (χ4n) is 5.22. The van der Waals surface area contributed by atoms with Crippen LogP contribution in [-0.4, -0.2) is 70.4 Å². The highest BCUT2D eigenvalue weighted by Gasteiger charge is 2.41. The molecule has 4 rings (SSSR count). The van der Waals surface area contributed by atoms with E-state index in [1.54, 1.807) is 12.1 Å². The zero-order valence-corrected chi connectivity index (χ0v) is 28.0. The van der Waals surface area contributed by atoms with E-state index in [0.717, 1.165) is 16.7 Å². The first-order chi connectivity index (χ1) is 20.6. The van der Waals surface area contributed by atoms with E-state index in [1.165, 1.54) is 17.0 Å². The number of likely N-dealkylation sites (tertiary alicyclic amines) is 1. The van der Waals surface area contributed by atoms with Crippen molar-refractivity contribution in [1.82, 2.24) is 15.5 Å². The normalized spacial score (nSPS) is 17.5. The predicted octanol–water partition coefficient (Wildman–Crippen LogP) is 1.29. The van der Waals surface area contributed by atoms with Gasteiger partial charge in [-0.15, -0.1) is 34.0 Å². The number of nitrogens with one attached hydrogen (secondary N) is 2. The molecule has 0 aromatic heterocycles. The number of halogens is 2. The predicted molar refractivity (Wildman–Crippen MR) is 182 cm³/mol. The molecule has 1 aliphatic rings. The summed E-state index contributed by atoms with van der Waals surface area (Å²) in [6.07, 6.45) is 0.726. The van der Waals surface area contributed by atoms with Gasteiger partial charge in [0.25, 0.3) is 0 Å². The number of carbonyl (C=O) groups is 4. The Morgan fingerprint density at radius 2 is 1.29 bits per heavy atom. The lowest BCUT2D eigenvalue weighted by molar-refractivity contribution is -0.140. The maximum atomic E-state index is 13.6. The van der Waals surface area contributed by atoms with Crippen molar-refractivity contribution in [1.29, 1.82) is 0 Å². The molecule has 3 aromatic carbocycles. The Hall–Kier alpha value is -3.78. The van der Waals surface area contributed by atoms with Crippen molar-refractivity contribution in [2.24, 2.45) is 17.2 Å². The second kappa shape index (κ2) is 17.6. The lowest BCUT2D eigenvalue weighted by Gasteiger charge is -2.29. The number of carbonyl (C=O) groups excluding carboxylic acids is 4. The van der Waals surface area contributed by atoms with Crippen LogP contribution in [0.25, 0.3) is 0 Å². The molecule has 0 saturated carbocycles. The fourth-order valence-corrected chi connectivity index (χ4v) is 5.22. The van der Waals surface area contributed by atoms with Gasteiger partial charge in [0.05, 0.1) is 6.04 Å². The Morgan fingerprint density at radius 1 is 0.778 bits per heavy atom. The summed E-state index contributed by atoms with van der Waals surface area (Å²) in [6.45, 7) is 0.135. The van der Waals surface area contributed by atoms with Crippen LogP contribution in [0.15, 0.2) is 84.9 Å². The number of hydrogen-bond donors (Lipinski definition) is 6. The molecule has 11 nitrogen and oxygen atoms in total. The van der Waals surface area contributed by atoms with Crippen LogP contribution in [-0.2, 0) is 38.4 Å². The van der Waals surface area contributed by atoms with Gasteiger partial charge in [0.1, 0.15) is 23.9 Å². The van der Waals surface area contributed by atoms with Gasteiger partial charge in [-0.25, -0.2) is 0 Å². The van der Waals surface area contributed by atoms with E-state index in [0.29, 0.717) is 0 Å². The summed E-state index contributed by atoms with van der Waals surface area (Å²) < 4.78 is 0. The van der Waals surface area contributed by atoms with Crippen LogP contribution < -0.4 is 27.8 Å². The summed E-state index contributed by atoms with van der Waals surface area (Å²) in [7, 11) is 0. The van der Waals surface area contributed by atoms with Crippen molar-refractivity contribution < 1.29 is 24.3 Å². The standard InChI is InChI=1S/C32H38N6O5.2BrH/c33-23-18-28(38(19-23)32(43)25(34)15-22-11-13-24(39)14-12-22)31(42)37-27(17-21-9-5-2-6-10-21)30(41)36-26(29(35)40)16-20-7-3-1-4-8-20;;/h1-14,23,25-28,39H,15-19,33-34H2,(H2,35,40)(H,36,41)(H,37,42);2*1H/t23-,25+,26+,27+,28+;;/m1../s1. The summed E-state index contributed by atoms with van der Waals surface area (Å²) in [5, 5.41) is 15.0. The monoisotopic (exact) mass is 746 g/mol. The topological polar surface area (TPSA) is 194 Å². The second-order valence-corrected chi connectivity index (χ2v) is 10.9. The number of aromatic hydroxyl groups is 1. The highest BCUT2D eigenvalue weighted by atomic mass is 79.9. The molecule has 242 valence electrons. The van der Waals surface area contributed by atoms with Gasteiger partial charge in [-0.3, -0.25) is 19.2 Å². The first-order valence-corrected chi connectivity index (χ1v) is 14.2. The summed E-state index contributed by atoms with van der Waals surface area (Å²) in [6, 6.07) is 20.2. The first-order valence-electron chi connectivity index (χ1n) is 14.2. The molecule has 0 bridgehead atoms. The lowest BCUT2D eigenvalue weighted by Crippen LogP contribution is -2.58. The molecular weight excluding hydrogens is 708 g/mol. The third-order valence-electron chi connectivity index (χ3n) is 7.49. The molecule has 45 heavy (non-hydrogen) atoms. The highest BCUT2D eigenvalue weighted by molar-refractivity contribution is 8.93. The molecule has 1 saturated heterocycles. The molecule has 13 heteroatoms. The summed E-state index contributed by atoms with van der Waals surface area (Å²) >= 11 is 0. The maximum Gasteiger partial charge on any atom is 0.243 e. The second-order valence-electron chi connectivity index (χ2n) is 10.9. The Morgan fingerprint density at radius 3 is 1.82 bits per heavy atom. The maximum absolute atomic E-state index is 13.6. The molecule has 3 aromatic rings. The van der Waals surface area contributed by atoms with E-state index in [9.17, 15) is 24.3 Å². The van der Waals surface area contributed by atoms with Gasteiger partial charge >= 0.3 is 0 Å². The Bertz CT molecular complexity index is 1410. The quantitative estimate of drug-likeness (QED) is 0.161. The van der Waals surface area contributed by atoms with E-state index in [4.69, 9.17) is 17.2 Å². The number of phenolic OH excluding ortho intramolecular Hbond substituents is 1. The number of amides is 4. The van der Waals surface area contributed by atoms with Crippen LogP contribution in [0.1, 0.15) is 23.1 Å². The van der Waals surface area contributed by atoms with Crippen LogP contribution in [0, 0.1) is 0 Å². The fraction of sp³-hybridized carbons (Fsp3) is 0.312. The average Bonchev–Trinajstić information content (AvgIpc) is 3.39. The van der Waals surface area contributed by atoms with Crippen LogP contribution in [0.3, 0.4) is 0 Å². The average molecular weight is 749 g/mol. The molecular formula is C32H40Br2N6O5. The molecule has 0 spiro atoms. The van der Waals surface area contributed by atoms with Gasteiger partial charge in [-0.05, 0) is 41.7 Å². The summed E-state index contributed by atoms with van der Waals surface area (Å²) in [5.74, 6) is -2.18. The summed E-state index contributed by atoms with van der Waals surface area (Å²) in [4.78, 5) is 54.2. The van der Waals surface area contributed by atoms with Gasteiger partial charge in [0.15, 0.2) is 0 Å². The van der Waals surface area contributed by atoms with Crippen molar-refractivity contribution in [2.75, 3.05) is 6.54 Å². The first kappa shape index (κ1) is 37.4.